The Morgan fingerprint density at radius 1 is 0.772 bits per heavy atom. The summed E-state index contributed by atoms with van der Waals surface area (Å²) < 4.78 is 0. The van der Waals surface area contributed by atoms with Gasteiger partial charge in [-0.05, 0) is 53.4 Å². The molecule has 0 spiro atoms. The van der Waals surface area contributed by atoms with Gasteiger partial charge in [0, 0.05) is 73.0 Å². The molecule has 326 valence electrons. The predicted molar refractivity (Wildman–Crippen MR) is 212 cm³/mol. The summed E-state index contributed by atoms with van der Waals surface area (Å²) in [5.41, 5.74) is 2.42. The Bertz CT molecular complexity index is 1310. The van der Waals surface area contributed by atoms with E-state index in [0.29, 0.717) is 38.9 Å². The highest BCUT2D eigenvalue weighted by Gasteiger charge is 2.37. The number of nitrogens with one attached hydrogen (secondary N) is 9. The highest BCUT2D eigenvalue weighted by atomic mass is 16.6. The summed E-state index contributed by atoms with van der Waals surface area (Å²) in [6, 6.07) is -2.64. The van der Waals surface area contributed by atoms with Crippen LogP contribution in [-0.4, -0.2) is 201 Å². The van der Waals surface area contributed by atoms with Gasteiger partial charge in [-0.2, -0.15) is 0 Å². The van der Waals surface area contributed by atoms with E-state index < -0.39 is 42.6 Å². The summed E-state index contributed by atoms with van der Waals surface area (Å²) >= 11 is 0. The van der Waals surface area contributed by atoms with Crippen molar-refractivity contribution < 1.29 is 43.2 Å². The molecule has 9 N–H and O–H groups in total. The average Bonchev–Trinajstić information content (AvgIpc) is 3.69. The van der Waals surface area contributed by atoms with Gasteiger partial charge >= 0.3 is 0 Å². The number of rotatable bonds is 29. The Balaban J connectivity index is 2.87. The van der Waals surface area contributed by atoms with Crippen LogP contribution in [0.4, 0.5) is 0 Å². The smallest absolute Gasteiger partial charge is 0.266 e. The molecule has 1 aliphatic heterocycles. The van der Waals surface area contributed by atoms with Crippen molar-refractivity contribution in [3.05, 3.63) is 0 Å². The minimum absolute atomic E-state index is 0.0367. The zero-order chi connectivity index (χ0) is 42.8. The molecule has 4 atom stereocenters. The van der Waals surface area contributed by atoms with Gasteiger partial charge in [0.25, 0.3) is 11.8 Å². The number of hydrogen-bond acceptors (Lipinski definition) is 15. The Kier molecular flexibility index (Phi) is 25.6. The number of carbonyl (C=O) groups excluding carboxylic acids is 7. The van der Waals surface area contributed by atoms with Gasteiger partial charge in [0.1, 0.15) is 24.9 Å². The number of nitrogens with zero attached hydrogens (tertiary/aromatic N) is 4. The number of hydroxylamine groups is 1. The first-order valence-corrected chi connectivity index (χ1v) is 19.3. The van der Waals surface area contributed by atoms with Crippen LogP contribution in [0, 0.1) is 5.92 Å². The van der Waals surface area contributed by atoms with E-state index in [4.69, 9.17) is 9.68 Å². The maximum absolute atomic E-state index is 13.6. The van der Waals surface area contributed by atoms with Crippen LogP contribution in [0.3, 0.4) is 0 Å². The molecule has 1 heterocycles. The van der Waals surface area contributed by atoms with Crippen LogP contribution in [0.1, 0.15) is 33.1 Å². The quantitative estimate of drug-likeness (QED) is 0.0253. The molecule has 1 aliphatic rings. The molecule has 0 aromatic rings. The predicted octanol–water partition coefficient (Wildman–Crippen LogP) is -5.09. The molecule has 1 rings (SSSR count). The van der Waals surface area contributed by atoms with Crippen LogP contribution in [0.5, 0.6) is 0 Å². The third kappa shape index (κ3) is 19.0. The van der Waals surface area contributed by atoms with E-state index in [1.807, 2.05) is 13.8 Å². The molecule has 0 aromatic carbocycles. The molecule has 0 saturated carbocycles. The SMILES string of the molecule is CNCC(NC)C(=O)N(CCNC(=O)CO/N=C/C(=O)N[C@@H](CC(C)C)C(=O)N1CCC[C@H]1C(=O)NC)CCN(CCNC(=O)CONC)C(=O)C(CNC)NC. The highest BCUT2D eigenvalue weighted by Crippen LogP contribution is 2.20. The topological polar surface area (TPSA) is 268 Å². The van der Waals surface area contributed by atoms with E-state index in [1.165, 1.54) is 23.9 Å². The van der Waals surface area contributed by atoms with E-state index in [2.05, 4.69) is 53.2 Å². The maximum Gasteiger partial charge on any atom is 0.266 e. The van der Waals surface area contributed by atoms with Crippen LogP contribution in [0.2, 0.25) is 0 Å². The van der Waals surface area contributed by atoms with Crippen LogP contribution in [-0.2, 0) is 43.2 Å². The van der Waals surface area contributed by atoms with Gasteiger partial charge in [-0.3, -0.25) is 38.4 Å². The number of likely N-dealkylation sites (tertiary alicyclic amines) is 1. The fourth-order valence-electron chi connectivity index (χ4n) is 6.03. The minimum Gasteiger partial charge on any atom is -0.386 e. The van der Waals surface area contributed by atoms with Crippen molar-refractivity contribution in [3.8, 4) is 0 Å². The monoisotopic (exact) mass is 814 g/mol. The van der Waals surface area contributed by atoms with Gasteiger partial charge in [0.15, 0.2) is 6.61 Å². The molecule has 22 nitrogen and oxygen atoms in total. The molecule has 0 aromatic heterocycles. The second-order valence-electron chi connectivity index (χ2n) is 13.6. The van der Waals surface area contributed by atoms with Crippen LogP contribution in [0.15, 0.2) is 5.16 Å². The molecule has 57 heavy (non-hydrogen) atoms. The molecule has 0 radical (unpaired) electrons. The van der Waals surface area contributed by atoms with E-state index in [1.54, 1.807) is 33.1 Å². The zero-order valence-electron chi connectivity index (χ0n) is 34.8. The lowest BCUT2D eigenvalue weighted by molar-refractivity contribution is -0.141. The maximum atomic E-state index is 13.6. The van der Waals surface area contributed by atoms with Gasteiger partial charge in [-0.15, -0.1) is 0 Å². The van der Waals surface area contributed by atoms with Crippen molar-refractivity contribution in [2.75, 3.05) is 114 Å². The molecule has 1 fully saturated rings. The Hall–Kier alpha value is -4.48. The van der Waals surface area contributed by atoms with Crippen LogP contribution < -0.4 is 48.0 Å². The van der Waals surface area contributed by atoms with Crippen molar-refractivity contribution in [1.82, 2.24) is 62.7 Å². The molecular formula is C35H67N13O9. The third-order valence-electron chi connectivity index (χ3n) is 8.97. The number of amides is 7. The summed E-state index contributed by atoms with van der Waals surface area (Å²) in [6.45, 7) is 4.87. The van der Waals surface area contributed by atoms with Crippen molar-refractivity contribution in [2.45, 2.75) is 57.3 Å². The summed E-state index contributed by atoms with van der Waals surface area (Å²) in [6.07, 6.45) is 2.39. The summed E-state index contributed by atoms with van der Waals surface area (Å²) in [5.74, 6) is -2.69. The van der Waals surface area contributed by atoms with Crippen molar-refractivity contribution in [1.29, 1.82) is 0 Å². The van der Waals surface area contributed by atoms with Crippen LogP contribution in [0.25, 0.3) is 0 Å². The Morgan fingerprint density at radius 3 is 1.79 bits per heavy atom. The summed E-state index contributed by atoms with van der Waals surface area (Å²) in [4.78, 5) is 105. The molecule has 2 unspecified atom stereocenters. The van der Waals surface area contributed by atoms with Crippen molar-refractivity contribution >= 4 is 47.6 Å². The van der Waals surface area contributed by atoms with Gasteiger partial charge in [-0.1, -0.05) is 19.0 Å². The molecule has 1 saturated heterocycles. The minimum atomic E-state index is -0.883. The van der Waals surface area contributed by atoms with Crippen molar-refractivity contribution in [2.24, 2.45) is 11.1 Å². The molecule has 7 amide bonds. The largest absolute Gasteiger partial charge is 0.386 e. The lowest BCUT2D eigenvalue weighted by atomic mass is 10.0. The number of oxime groups is 1. The standard InChI is InChI=1S/C35H67N13O9/c1-24(2)18-25(35(55)48-13-9-10-28(48)32(52)40-7)45-29(49)21-44-57-23-31(51)43-12-15-47(34(54)27(39-6)20-37-4)17-16-46(33(53)26(38-5)19-36-3)14-11-42-30(50)22-56-41-8/h21,24-28,36-39,41H,9-20,22-23H2,1-8H3,(H,40,52)(H,42,50)(H,43,51)(H,45,49)/b44-21+/t25-,26?,27?,28-/m0/s1. The lowest BCUT2D eigenvalue weighted by Gasteiger charge is -2.32. The molecule has 0 aliphatic carbocycles. The third-order valence-corrected chi connectivity index (χ3v) is 8.97. The molecule has 0 bridgehead atoms. The number of hydrogen-bond donors (Lipinski definition) is 9. The Morgan fingerprint density at radius 2 is 1.32 bits per heavy atom. The van der Waals surface area contributed by atoms with Gasteiger partial charge in [0.05, 0.1) is 12.1 Å². The Labute approximate surface area is 336 Å². The van der Waals surface area contributed by atoms with Gasteiger partial charge in [-0.25, -0.2) is 5.48 Å². The first-order valence-electron chi connectivity index (χ1n) is 19.3. The summed E-state index contributed by atoms with van der Waals surface area (Å²) in [7, 11) is 9.81. The normalized spacial score (nSPS) is 15.5. The fourth-order valence-corrected chi connectivity index (χ4v) is 6.03. The molecular weight excluding hydrogens is 746 g/mol. The van der Waals surface area contributed by atoms with Gasteiger partial charge in [0.2, 0.25) is 29.5 Å². The zero-order valence-corrected chi connectivity index (χ0v) is 34.8. The van der Waals surface area contributed by atoms with E-state index in [9.17, 15) is 33.6 Å². The van der Waals surface area contributed by atoms with E-state index >= 15 is 0 Å². The first-order chi connectivity index (χ1) is 27.3. The highest BCUT2D eigenvalue weighted by molar-refractivity contribution is 6.26. The first kappa shape index (κ1) is 50.5. The summed E-state index contributed by atoms with van der Waals surface area (Å²) in [5, 5.41) is 26.1. The average molecular weight is 814 g/mol. The number of likely N-dealkylation sites (N-methyl/N-ethyl adjacent to an activating group) is 5. The van der Waals surface area contributed by atoms with Crippen molar-refractivity contribution in [3.63, 3.8) is 0 Å². The lowest BCUT2D eigenvalue weighted by Crippen LogP contribution is -2.55. The second kappa shape index (κ2) is 28.8. The number of carbonyl (C=O) groups is 7. The fraction of sp³-hybridized carbons (Fsp3) is 0.771. The second-order valence-corrected chi connectivity index (χ2v) is 13.6. The van der Waals surface area contributed by atoms with E-state index in [0.717, 1.165) is 6.21 Å². The van der Waals surface area contributed by atoms with E-state index in [-0.39, 0.29) is 81.3 Å². The van der Waals surface area contributed by atoms with Crippen LogP contribution >= 0.6 is 0 Å². The molecule has 22 heteroatoms. The van der Waals surface area contributed by atoms with Gasteiger partial charge < -0.3 is 62.1 Å².